The highest BCUT2D eigenvalue weighted by atomic mass is 16.5. The van der Waals surface area contributed by atoms with E-state index in [0.717, 1.165) is 18.8 Å². The third-order valence-electron chi connectivity index (χ3n) is 4.68. The van der Waals surface area contributed by atoms with Crippen LogP contribution in [-0.2, 0) is 6.54 Å². The maximum Gasteiger partial charge on any atom is 0.120 e. The number of hydrogen-bond acceptors (Lipinski definition) is 2. The minimum atomic E-state index is 0.487. The van der Waals surface area contributed by atoms with E-state index in [1.807, 2.05) is 0 Å². The number of methoxy groups -OCH3 is 1. The third-order valence-corrected chi connectivity index (χ3v) is 4.68. The van der Waals surface area contributed by atoms with Crippen molar-refractivity contribution in [2.24, 2.45) is 5.92 Å². The van der Waals surface area contributed by atoms with E-state index in [2.05, 4.69) is 53.9 Å². The minimum absolute atomic E-state index is 0.487. The Labute approximate surface area is 119 Å². The molecule has 0 aliphatic carbocycles. The van der Waals surface area contributed by atoms with Crippen molar-refractivity contribution in [2.75, 3.05) is 20.7 Å². The Bertz CT molecular complexity index is 713. The lowest BCUT2D eigenvalue weighted by molar-refractivity contribution is 0.234. The molecule has 1 aromatic carbocycles. The van der Waals surface area contributed by atoms with Crippen molar-refractivity contribution in [3.63, 3.8) is 0 Å². The van der Waals surface area contributed by atoms with Gasteiger partial charge in [-0.2, -0.15) is 0 Å². The van der Waals surface area contributed by atoms with E-state index in [-0.39, 0.29) is 0 Å². The van der Waals surface area contributed by atoms with E-state index in [1.165, 1.54) is 22.0 Å². The zero-order valence-electron chi connectivity index (χ0n) is 12.3. The zero-order chi connectivity index (χ0) is 13.9. The maximum atomic E-state index is 5.48. The van der Waals surface area contributed by atoms with Gasteiger partial charge in [-0.05, 0) is 36.7 Å². The Morgan fingerprint density at radius 3 is 2.90 bits per heavy atom. The fourth-order valence-corrected chi connectivity index (χ4v) is 3.79. The summed E-state index contributed by atoms with van der Waals surface area (Å²) in [6, 6.07) is 7.01. The van der Waals surface area contributed by atoms with E-state index in [9.17, 15) is 0 Å². The van der Waals surface area contributed by atoms with Crippen molar-refractivity contribution in [3.05, 3.63) is 36.0 Å². The number of fused-ring (bicyclic) bond motifs is 2. The van der Waals surface area contributed by atoms with Crippen LogP contribution in [0.1, 0.15) is 12.5 Å². The van der Waals surface area contributed by atoms with E-state index in [1.54, 1.807) is 7.11 Å². The standard InChI is InChI=1S/C17H20N2O/c1-11-6-14-15-8-13(20-3)7-12-4-5-19(17(12)15)10-16(14)18(2)9-11/h4-8,11,16H,9-10H2,1-3H3. The molecule has 3 nitrogen and oxygen atoms in total. The van der Waals surface area contributed by atoms with Crippen LogP contribution in [0.2, 0.25) is 0 Å². The zero-order valence-corrected chi connectivity index (χ0v) is 12.3. The van der Waals surface area contributed by atoms with Crippen LogP contribution in [-0.4, -0.2) is 36.2 Å². The summed E-state index contributed by atoms with van der Waals surface area (Å²) in [6.07, 6.45) is 4.66. The fourth-order valence-electron chi connectivity index (χ4n) is 3.79. The van der Waals surface area contributed by atoms with Crippen molar-refractivity contribution in [1.82, 2.24) is 9.47 Å². The highest BCUT2D eigenvalue weighted by molar-refractivity contribution is 5.96. The molecule has 2 unspecified atom stereocenters. The first-order valence-corrected chi connectivity index (χ1v) is 7.26. The lowest BCUT2D eigenvalue weighted by Gasteiger charge is -2.39. The predicted molar refractivity (Wildman–Crippen MR) is 82.0 cm³/mol. The average molecular weight is 268 g/mol. The molecule has 3 heteroatoms. The SMILES string of the molecule is COc1cc2c3c(ccn3CC3C2=CC(C)CN3C)c1. The summed E-state index contributed by atoms with van der Waals surface area (Å²) in [5.41, 5.74) is 4.18. The number of benzene rings is 1. The van der Waals surface area contributed by atoms with Crippen molar-refractivity contribution < 1.29 is 4.74 Å². The summed E-state index contributed by atoms with van der Waals surface area (Å²) in [5.74, 6) is 1.56. The normalized spacial score (nSPS) is 25.4. The second-order valence-corrected chi connectivity index (χ2v) is 6.14. The van der Waals surface area contributed by atoms with E-state index in [4.69, 9.17) is 4.74 Å². The van der Waals surface area contributed by atoms with Crippen LogP contribution in [0.3, 0.4) is 0 Å². The first-order chi connectivity index (χ1) is 9.67. The summed E-state index contributed by atoms with van der Waals surface area (Å²) >= 11 is 0. The molecule has 0 amide bonds. The molecule has 2 aliphatic heterocycles. The van der Waals surface area contributed by atoms with Gasteiger partial charge in [0.25, 0.3) is 0 Å². The molecule has 104 valence electrons. The number of ether oxygens (including phenoxy) is 1. The molecule has 2 aliphatic rings. The van der Waals surface area contributed by atoms with Crippen molar-refractivity contribution in [3.8, 4) is 5.75 Å². The van der Waals surface area contributed by atoms with Crippen LogP contribution in [0.5, 0.6) is 5.75 Å². The van der Waals surface area contributed by atoms with Gasteiger partial charge in [0.2, 0.25) is 0 Å². The Morgan fingerprint density at radius 1 is 1.25 bits per heavy atom. The van der Waals surface area contributed by atoms with Crippen molar-refractivity contribution in [2.45, 2.75) is 19.5 Å². The molecule has 0 radical (unpaired) electrons. The molecular weight excluding hydrogens is 248 g/mol. The molecule has 2 aromatic rings. The van der Waals surface area contributed by atoms with E-state index >= 15 is 0 Å². The summed E-state index contributed by atoms with van der Waals surface area (Å²) in [6.45, 7) is 4.49. The Hall–Kier alpha value is -1.74. The van der Waals surface area contributed by atoms with E-state index in [0.29, 0.717) is 12.0 Å². The van der Waals surface area contributed by atoms with Gasteiger partial charge in [-0.25, -0.2) is 0 Å². The molecule has 0 saturated carbocycles. The second kappa shape index (κ2) is 4.13. The topological polar surface area (TPSA) is 17.4 Å². The number of aromatic nitrogens is 1. The smallest absolute Gasteiger partial charge is 0.120 e. The van der Waals surface area contributed by atoms with Gasteiger partial charge in [-0.3, -0.25) is 4.90 Å². The van der Waals surface area contributed by atoms with Gasteiger partial charge in [0.1, 0.15) is 5.75 Å². The van der Waals surface area contributed by atoms with Gasteiger partial charge in [0.05, 0.1) is 18.7 Å². The first-order valence-electron chi connectivity index (χ1n) is 7.26. The lowest BCUT2D eigenvalue weighted by Crippen LogP contribution is -2.43. The quantitative estimate of drug-likeness (QED) is 0.791. The molecule has 0 N–H and O–H groups in total. The molecule has 0 fully saturated rings. The molecule has 0 bridgehead atoms. The second-order valence-electron chi connectivity index (χ2n) is 6.14. The van der Waals surface area contributed by atoms with Crippen molar-refractivity contribution >= 4 is 16.5 Å². The monoisotopic (exact) mass is 268 g/mol. The van der Waals surface area contributed by atoms with Crippen molar-refractivity contribution in [1.29, 1.82) is 0 Å². The number of hydrogen-bond donors (Lipinski definition) is 0. The molecule has 1 aromatic heterocycles. The van der Waals surface area contributed by atoms with Crippen LogP contribution >= 0.6 is 0 Å². The molecule has 20 heavy (non-hydrogen) atoms. The van der Waals surface area contributed by atoms with Gasteiger partial charge in [-0.15, -0.1) is 0 Å². The largest absolute Gasteiger partial charge is 0.497 e. The van der Waals surface area contributed by atoms with Crippen LogP contribution < -0.4 is 4.74 Å². The summed E-state index contributed by atoms with van der Waals surface area (Å²) in [7, 11) is 3.98. The summed E-state index contributed by atoms with van der Waals surface area (Å²) in [4.78, 5) is 2.48. The number of likely N-dealkylation sites (N-methyl/N-ethyl adjacent to an activating group) is 1. The minimum Gasteiger partial charge on any atom is -0.497 e. The van der Waals surface area contributed by atoms with Crippen LogP contribution in [0.4, 0.5) is 0 Å². The van der Waals surface area contributed by atoms with E-state index < -0.39 is 0 Å². The first kappa shape index (κ1) is 12.0. The molecular formula is C17H20N2O. The Balaban J connectivity index is 2.01. The molecule has 2 atom stereocenters. The number of rotatable bonds is 1. The summed E-state index contributed by atoms with van der Waals surface area (Å²) < 4.78 is 7.87. The predicted octanol–water partition coefficient (Wildman–Crippen LogP) is 3.00. The van der Waals surface area contributed by atoms with Gasteiger partial charge in [0.15, 0.2) is 0 Å². The summed E-state index contributed by atoms with van der Waals surface area (Å²) in [5, 5.41) is 1.28. The van der Waals surface area contributed by atoms with Crippen LogP contribution in [0.15, 0.2) is 30.5 Å². The molecule has 0 spiro atoms. The van der Waals surface area contributed by atoms with Gasteiger partial charge >= 0.3 is 0 Å². The highest BCUT2D eigenvalue weighted by Crippen LogP contribution is 2.40. The highest BCUT2D eigenvalue weighted by Gasteiger charge is 2.32. The average Bonchev–Trinajstić information content (AvgIpc) is 2.84. The Kier molecular flexibility index (Phi) is 2.48. The molecule has 3 heterocycles. The number of nitrogens with zero attached hydrogens (tertiary/aromatic N) is 2. The Morgan fingerprint density at radius 2 is 2.10 bits per heavy atom. The molecule has 0 saturated heterocycles. The van der Waals surface area contributed by atoms with Gasteiger partial charge in [0, 0.05) is 30.2 Å². The van der Waals surface area contributed by atoms with Gasteiger partial charge < -0.3 is 9.30 Å². The lowest BCUT2D eigenvalue weighted by atomic mass is 9.86. The molecule has 4 rings (SSSR count). The van der Waals surface area contributed by atoms with Crippen LogP contribution in [0.25, 0.3) is 16.5 Å². The van der Waals surface area contributed by atoms with Gasteiger partial charge in [-0.1, -0.05) is 13.0 Å². The third kappa shape index (κ3) is 1.56. The van der Waals surface area contributed by atoms with Crippen LogP contribution in [0, 0.1) is 5.92 Å². The maximum absolute atomic E-state index is 5.48. The fraction of sp³-hybridized carbons (Fsp3) is 0.412.